The number of allylic oxidation sites excluding steroid dienone is 2. The molecule has 106 valence electrons. The molecule has 2 aliphatic rings. The Kier molecular flexibility index (Phi) is 3.51. The van der Waals surface area contributed by atoms with Crippen LogP contribution >= 0.6 is 0 Å². The van der Waals surface area contributed by atoms with Gasteiger partial charge in [-0.3, -0.25) is 4.79 Å². The predicted molar refractivity (Wildman–Crippen MR) is 81.3 cm³/mol. The van der Waals surface area contributed by atoms with Crippen molar-refractivity contribution in [3.63, 3.8) is 0 Å². The van der Waals surface area contributed by atoms with Crippen LogP contribution in [0.2, 0.25) is 0 Å². The topological polar surface area (TPSA) is 55.1 Å². The van der Waals surface area contributed by atoms with Gasteiger partial charge in [0.25, 0.3) is 0 Å². The van der Waals surface area contributed by atoms with Gasteiger partial charge in [-0.15, -0.1) is 0 Å². The van der Waals surface area contributed by atoms with Crippen molar-refractivity contribution >= 4 is 11.6 Å². The first-order valence-electron chi connectivity index (χ1n) is 7.44. The maximum atomic E-state index is 10.9. The average molecular weight is 270 g/mol. The van der Waals surface area contributed by atoms with Gasteiger partial charge in [-0.05, 0) is 55.2 Å². The zero-order valence-corrected chi connectivity index (χ0v) is 11.9. The number of rotatable bonds is 5. The van der Waals surface area contributed by atoms with E-state index in [0.717, 1.165) is 29.0 Å². The molecule has 3 heteroatoms. The molecule has 20 heavy (non-hydrogen) atoms. The summed E-state index contributed by atoms with van der Waals surface area (Å²) in [4.78, 5) is 10.9. The predicted octanol–water partition coefficient (Wildman–Crippen LogP) is 2.73. The molecule has 3 nitrogen and oxygen atoms in total. The van der Waals surface area contributed by atoms with Crippen molar-refractivity contribution in [2.75, 3.05) is 5.32 Å². The highest BCUT2D eigenvalue weighted by molar-refractivity contribution is 5.76. The quantitative estimate of drug-likeness (QED) is 0.808. The molecule has 1 aromatic carbocycles. The van der Waals surface area contributed by atoms with Gasteiger partial charge in [0.15, 0.2) is 0 Å². The molecule has 2 bridgehead atoms. The molecule has 0 heterocycles. The van der Waals surface area contributed by atoms with E-state index >= 15 is 0 Å². The Morgan fingerprint density at radius 2 is 2.05 bits per heavy atom. The molecule has 4 atom stereocenters. The molecule has 0 spiro atoms. The Labute approximate surface area is 120 Å². The van der Waals surface area contributed by atoms with Crippen LogP contribution in [-0.2, 0) is 11.2 Å². The van der Waals surface area contributed by atoms with E-state index in [0.29, 0.717) is 12.5 Å². The molecule has 1 saturated carbocycles. The first kappa shape index (κ1) is 13.2. The molecule has 0 aromatic heterocycles. The second-order valence-electron chi connectivity index (χ2n) is 6.22. The average Bonchev–Trinajstić information content (AvgIpc) is 3.03. The third-order valence-corrected chi connectivity index (χ3v) is 4.70. The Morgan fingerprint density at radius 1 is 1.30 bits per heavy atom. The first-order valence-corrected chi connectivity index (χ1v) is 7.44. The largest absolute Gasteiger partial charge is 0.382 e. The number of fused-ring (bicyclic) bond motifs is 2. The molecule has 3 N–H and O–H groups in total. The second-order valence-corrected chi connectivity index (χ2v) is 6.22. The number of primary amides is 1. The minimum Gasteiger partial charge on any atom is -0.382 e. The van der Waals surface area contributed by atoms with Crippen LogP contribution in [0.4, 0.5) is 5.69 Å². The lowest BCUT2D eigenvalue weighted by Crippen LogP contribution is -2.28. The van der Waals surface area contributed by atoms with Crippen molar-refractivity contribution in [2.45, 2.75) is 32.2 Å². The summed E-state index contributed by atoms with van der Waals surface area (Å²) in [6.07, 6.45) is 7.75. The van der Waals surface area contributed by atoms with Crippen molar-refractivity contribution in [3.8, 4) is 0 Å². The summed E-state index contributed by atoms with van der Waals surface area (Å²) in [7, 11) is 0. The van der Waals surface area contributed by atoms with Crippen LogP contribution in [0.25, 0.3) is 0 Å². The number of carbonyl (C=O) groups is 1. The highest BCUT2D eigenvalue weighted by Crippen LogP contribution is 2.45. The number of nitrogens with two attached hydrogens (primary N) is 1. The lowest BCUT2D eigenvalue weighted by Gasteiger charge is -2.27. The molecule has 1 aromatic rings. The highest BCUT2D eigenvalue weighted by Gasteiger charge is 2.38. The molecular formula is C17H22N2O. The maximum absolute atomic E-state index is 10.9. The Bertz CT molecular complexity index is 520. The maximum Gasteiger partial charge on any atom is 0.221 e. The molecule has 3 rings (SSSR count). The molecule has 0 aliphatic heterocycles. The number of anilines is 1. The van der Waals surface area contributed by atoms with Gasteiger partial charge in [0.05, 0.1) is 6.42 Å². The molecule has 1 fully saturated rings. The van der Waals surface area contributed by atoms with Gasteiger partial charge in [-0.25, -0.2) is 0 Å². The fraction of sp³-hybridized carbons (Fsp3) is 0.471. The number of benzene rings is 1. The van der Waals surface area contributed by atoms with Gasteiger partial charge in [-0.2, -0.15) is 0 Å². The molecule has 0 radical (unpaired) electrons. The summed E-state index contributed by atoms with van der Waals surface area (Å²) < 4.78 is 0. The third-order valence-electron chi connectivity index (χ3n) is 4.70. The van der Waals surface area contributed by atoms with Crippen LogP contribution in [0.15, 0.2) is 36.4 Å². The first-order chi connectivity index (χ1) is 9.61. The van der Waals surface area contributed by atoms with Gasteiger partial charge in [-0.1, -0.05) is 24.3 Å². The minimum absolute atomic E-state index is 0.284. The van der Waals surface area contributed by atoms with Gasteiger partial charge in [0.1, 0.15) is 0 Å². The van der Waals surface area contributed by atoms with Gasteiger partial charge < -0.3 is 11.1 Å². The summed E-state index contributed by atoms with van der Waals surface area (Å²) in [6.45, 7) is 2.27. The number of hydrogen-bond acceptors (Lipinski definition) is 2. The fourth-order valence-electron chi connectivity index (χ4n) is 3.69. The lowest BCUT2D eigenvalue weighted by molar-refractivity contribution is -0.117. The summed E-state index contributed by atoms with van der Waals surface area (Å²) >= 11 is 0. The van der Waals surface area contributed by atoms with Crippen molar-refractivity contribution in [1.29, 1.82) is 0 Å². The SMILES string of the molecule is CC(Nc1ccc(CC(N)=O)cc1)C1CC2C=CC1C2. The normalized spacial score (nSPS) is 28.6. The summed E-state index contributed by atoms with van der Waals surface area (Å²) in [5.41, 5.74) is 7.29. The van der Waals surface area contributed by atoms with Crippen LogP contribution in [0.5, 0.6) is 0 Å². The minimum atomic E-state index is -0.284. The van der Waals surface area contributed by atoms with E-state index in [2.05, 4.69) is 24.4 Å². The van der Waals surface area contributed by atoms with E-state index in [1.807, 2.05) is 24.3 Å². The van der Waals surface area contributed by atoms with Crippen molar-refractivity contribution in [3.05, 3.63) is 42.0 Å². The summed E-state index contributed by atoms with van der Waals surface area (Å²) in [5, 5.41) is 3.60. The van der Waals surface area contributed by atoms with E-state index in [1.165, 1.54) is 12.8 Å². The number of nitrogens with one attached hydrogen (secondary N) is 1. The summed E-state index contributed by atoms with van der Waals surface area (Å²) in [5.74, 6) is 2.03. The van der Waals surface area contributed by atoms with E-state index in [-0.39, 0.29) is 5.91 Å². The van der Waals surface area contributed by atoms with E-state index in [1.54, 1.807) is 0 Å². The fourth-order valence-corrected chi connectivity index (χ4v) is 3.69. The van der Waals surface area contributed by atoms with Crippen LogP contribution in [0, 0.1) is 17.8 Å². The molecule has 0 saturated heterocycles. The van der Waals surface area contributed by atoms with Gasteiger partial charge >= 0.3 is 0 Å². The monoisotopic (exact) mass is 270 g/mol. The highest BCUT2D eigenvalue weighted by atomic mass is 16.1. The number of carbonyl (C=O) groups excluding carboxylic acids is 1. The summed E-state index contributed by atoms with van der Waals surface area (Å²) in [6, 6.07) is 8.51. The van der Waals surface area contributed by atoms with Crippen molar-refractivity contribution in [2.24, 2.45) is 23.5 Å². The second kappa shape index (κ2) is 5.31. The molecule has 4 unspecified atom stereocenters. The van der Waals surface area contributed by atoms with Gasteiger partial charge in [0, 0.05) is 11.7 Å². The molecule has 1 amide bonds. The van der Waals surface area contributed by atoms with E-state index in [9.17, 15) is 4.79 Å². The Balaban J connectivity index is 1.60. The van der Waals surface area contributed by atoms with Crippen LogP contribution in [0.3, 0.4) is 0 Å². The Morgan fingerprint density at radius 3 is 2.60 bits per heavy atom. The zero-order valence-electron chi connectivity index (χ0n) is 11.9. The molecular weight excluding hydrogens is 248 g/mol. The van der Waals surface area contributed by atoms with Crippen LogP contribution in [-0.4, -0.2) is 11.9 Å². The number of hydrogen-bond donors (Lipinski definition) is 2. The standard InChI is InChI=1S/C17H22N2O/c1-11(16-9-13-2-5-14(16)8-13)19-15-6-3-12(4-7-15)10-17(18)20/h2-7,11,13-14,16,19H,8-10H2,1H3,(H2,18,20). The third kappa shape index (κ3) is 2.72. The van der Waals surface area contributed by atoms with Crippen molar-refractivity contribution in [1.82, 2.24) is 0 Å². The van der Waals surface area contributed by atoms with E-state index < -0.39 is 0 Å². The van der Waals surface area contributed by atoms with Gasteiger partial charge in [0.2, 0.25) is 5.91 Å². The zero-order chi connectivity index (χ0) is 14.1. The Hall–Kier alpha value is -1.77. The van der Waals surface area contributed by atoms with Crippen molar-refractivity contribution < 1.29 is 4.79 Å². The van der Waals surface area contributed by atoms with E-state index in [4.69, 9.17) is 5.73 Å². The lowest BCUT2D eigenvalue weighted by atomic mass is 9.87. The number of amides is 1. The van der Waals surface area contributed by atoms with Crippen LogP contribution < -0.4 is 11.1 Å². The molecule has 2 aliphatic carbocycles. The van der Waals surface area contributed by atoms with Crippen LogP contribution in [0.1, 0.15) is 25.3 Å². The smallest absolute Gasteiger partial charge is 0.221 e.